The van der Waals surface area contributed by atoms with Gasteiger partial charge < -0.3 is 10.2 Å². The number of furan rings is 1. The van der Waals surface area contributed by atoms with Crippen molar-refractivity contribution >= 4 is 10.0 Å². The summed E-state index contributed by atoms with van der Waals surface area (Å²) >= 11 is 0. The number of rotatable bonds is 4. The molecular formula is C13H21N3O3S. The molecule has 6 nitrogen and oxygen atoms in total. The van der Waals surface area contributed by atoms with Gasteiger partial charge in [0.2, 0.25) is 10.0 Å². The van der Waals surface area contributed by atoms with E-state index in [4.69, 9.17) is 10.2 Å². The average molecular weight is 299 g/mol. The summed E-state index contributed by atoms with van der Waals surface area (Å²) in [6.07, 6.45) is 3.11. The fourth-order valence-electron chi connectivity index (χ4n) is 3.37. The molecule has 0 aromatic carbocycles. The molecule has 112 valence electrons. The highest BCUT2D eigenvalue weighted by molar-refractivity contribution is 7.89. The van der Waals surface area contributed by atoms with Crippen molar-refractivity contribution in [1.82, 2.24) is 9.62 Å². The van der Waals surface area contributed by atoms with Crippen LogP contribution >= 0.6 is 0 Å². The molecule has 0 saturated carbocycles. The predicted octanol–water partition coefficient (Wildman–Crippen LogP) is 0.562. The van der Waals surface area contributed by atoms with Gasteiger partial charge in [-0.15, -0.1) is 0 Å². The zero-order chi connectivity index (χ0) is 14.3. The van der Waals surface area contributed by atoms with Crippen LogP contribution in [0.25, 0.3) is 0 Å². The summed E-state index contributed by atoms with van der Waals surface area (Å²) in [6, 6.07) is 1.89. The van der Waals surface area contributed by atoms with Gasteiger partial charge in [-0.25, -0.2) is 13.1 Å². The van der Waals surface area contributed by atoms with E-state index >= 15 is 0 Å². The maximum atomic E-state index is 12.5. The number of hydrogen-bond acceptors (Lipinski definition) is 5. The van der Waals surface area contributed by atoms with Crippen LogP contribution in [0, 0.1) is 6.92 Å². The molecule has 0 bridgehead atoms. The van der Waals surface area contributed by atoms with Gasteiger partial charge in [0, 0.05) is 24.7 Å². The lowest BCUT2D eigenvalue weighted by Crippen LogP contribution is -2.42. The Morgan fingerprint density at radius 2 is 2.25 bits per heavy atom. The van der Waals surface area contributed by atoms with Crippen LogP contribution in [-0.2, 0) is 16.6 Å². The zero-order valence-corrected chi connectivity index (χ0v) is 12.4. The van der Waals surface area contributed by atoms with Crippen molar-refractivity contribution in [1.29, 1.82) is 0 Å². The first kappa shape index (κ1) is 14.1. The van der Waals surface area contributed by atoms with Gasteiger partial charge in [0.1, 0.15) is 16.4 Å². The fraction of sp³-hybridized carbons (Fsp3) is 0.692. The fourth-order valence-corrected chi connectivity index (χ4v) is 4.88. The van der Waals surface area contributed by atoms with Crippen molar-refractivity contribution in [2.45, 2.75) is 49.7 Å². The number of hydrogen-bond donors (Lipinski definition) is 2. The Morgan fingerprint density at radius 1 is 1.45 bits per heavy atom. The van der Waals surface area contributed by atoms with Crippen LogP contribution in [0.3, 0.4) is 0 Å². The first-order chi connectivity index (χ1) is 9.51. The molecule has 0 amide bonds. The molecule has 1 aromatic rings. The summed E-state index contributed by atoms with van der Waals surface area (Å²) in [5.74, 6) is 0.899. The van der Waals surface area contributed by atoms with Gasteiger partial charge in [0.15, 0.2) is 0 Å². The average Bonchev–Trinajstić information content (AvgIpc) is 3.06. The third-order valence-electron chi connectivity index (χ3n) is 4.33. The minimum absolute atomic E-state index is 0.0122. The Hall–Kier alpha value is -0.890. The van der Waals surface area contributed by atoms with E-state index in [0.717, 1.165) is 32.4 Å². The number of aryl methyl sites for hydroxylation is 1. The van der Waals surface area contributed by atoms with Gasteiger partial charge in [-0.3, -0.25) is 4.90 Å². The summed E-state index contributed by atoms with van der Waals surface area (Å²) in [4.78, 5) is 2.59. The van der Waals surface area contributed by atoms with E-state index in [1.165, 1.54) is 6.07 Å². The zero-order valence-electron chi connectivity index (χ0n) is 11.6. The Kier molecular flexibility index (Phi) is 3.62. The Balaban J connectivity index is 1.80. The minimum Gasteiger partial charge on any atom is -0.464 e. The molecule has 2 aliphatic heterocycles. The Bertz CT molecular complexity index is 596. The molecule has 2 fully saturated rings. The number of nitrogens with zero attached hydrogens (tertiary/aromatic N) is 1. The smallest absolute Gasteiger partial charge is 0.244 e. The van der Waals surface area contributed by atoms with Gasteiger partial charge in [-0.05, 0) is 32.7 Å². The van der Waals surface area contributed by atoms with Crippen molar-refractivity contribution in [2.75, 3.05) is 13.1 Å². The van der Waals surface area contributed by atoms with Crippen LogP contribution in [0.15, 0.2) is 15.4 Å². The van der Waals surface area contributed by atoms with Gasteiger partial charge in [-0.1, -0.05) is 0 Å². The van der Waals surface area contributed by atoms with Gasteiger partial charge in [-0.2, -0.15) is 0 Å². The van der Waals surface area contributed by atoms with Crippen molar-refractivity contribution in [3.05, 3.63) is 17.6 Å². The molecule has 0 aliphatic carbocycles. The highest BCUT2D eigenvalue weighted by Gasteiger charge is 2.39. The second kappa shape index (κ2) is 5.14. The summed E-state index contributed by atoms with van der Waals surface area (Å²) in [6.45, 7) is 3.93. The second-order valence-electron chi connectivity index (χ2n) is 5.60. The van der Waals surface area contributed by atoms with E-state index in [1.807, 2.05) is 0 Å². The molecule has 20 heavy (non-hydrogen) atoms. The molecule has 2 atom stereocenters. The van der Waals surface area contributed by atoms with Crippen molar-refractivity contribution in [2.24, 2.45) is 5.73 Å². The molecule has 2 saturated heterocycles. The van der Waals surface area contributed by atoms with Crippen LogP contribution in [0.1, 0.15) is 30.8 Å². The molecule has 2 aliphatic rings. The first-order valence-electron chi connectivity index (χ1n) is 7.07. The third-order valence-corrected chi connectivity index (χ3v) is 5.92. The molecule has 1 aromatic heterocycles. The van der Waals surface area contributed by atoms with E-state index in [-0.39, 0.29) is 17.5 Å². The summed E-state index contributed by atoms with van der Waals surface area (Å²) in [5.41, 5.74) is 5.49. The standard InChI is InChI=1S/C13H21N3O3S/c1-9-13(7-10(8-14)19-9)20(17,18)15-11-4-6-16-5-2-3-12(11)16/h7,11-12,15H,2-6,8,14H2,1H3. The molecular weight excluding hydrogens is 278 g/mol. The van der Waals surface area contributed by atoms with Crippen LogP contribution in [0.4, 0.5) is 0 Å². The number of nitrogens with two attached hydrogens (primary N) is 1. The van der Waals surface area contributed by atoms with E-state index < -0.39 is 10.0 Å². The van der Waals surface area contributed by atoms with Gasteiger partial charge in [0.25, 0.3) is 0 Å². The first-order valence-corrected chi connectivity index (χ1v) is 8.55. The second-order valence-corrected chi connectivity index (χ2v) is 7.28. The van der Waals surface area contributed by atoms with Crippen molar-refractivity contribution < 1.29 is 12.8 Å². The van der Waals surface area contributed by atoms with Crippen molar-refractivity contribution in [3.8, 4) is 0 Å². The lowest BCUT2D eigenvalue weighted by Gasteiger charge is -2.20. The number of fused-ring (bicyclic) bond motifs is 1. The van der Waals surface area contributed by atoms with E-state index in [9.17, 15) is 8.42 Å². The normalized spacial score (nSPS) is 27.1. The van der Waals surface area contributed by atoms with Gasteiger partial charge >= 0.3 is 0 Å². The minimum atomic E-state index is -3.53. The SMILES string of the molecule is Cc1oc(CN)cc1S(=O)(=O)NC1CCN2CCCC12. The highest BCUT2D eigenvalue weighted by atomic mass is 32.2. The van der Waals surface area contributed by atoms with Crippen LogP contribution in [-0.4, -0.2) is 38.5 Å². The molecule has 3 heterocycles. The van der Waals surface area contributed by atoms with Crippen molar-refractivity contribution in [3.63, 3.8) is 0 Å². The summed E-state index contributed by atoms with van der Waals surface area (Å²) in [5, 5.41) is 0. The predicted molar refractivity (Wildman–Crippen MR) is 74.7 cm³/mol. The monoisotopic (exact) mass is 299 g/mol. The highest BCUT2D eigenvalue weighted by Crippen LogP contribution is 2.29. The van der Waals surface area contributed by atoms with Crippen LogP contribution in [0.2, 0.25) is 0 Å². The van der Waals surface area contributed by atoms with E-state index in [1.54, 1.807) is 6.92 Å². The Labute approximate surface area is 119 Å². The van der Waals surface area contributed by atoms with E-state index in [2.05, 4.69) is 9.62 Å². The molecule has 0 spiro atoms. The molecule has 3 rings (SSSR count). The van der Waals surface area contributed by atoms with Crippen LogP contribution in [0.5, 0.6) is 0 Å². The third kappa shape index (κ3) is 2.39. The maximum Gasteiger partial charge on any atom is 0.244 e. The molecule has 7 heteroatoms. The topological polar surface area (TPSA) is 88.6 Å². The summed E-state index contributed by atoms with van der Waals surface area (Å²) < 4.78 is 33.2. The Morgan fingerprint density at radius 3 is 2.95 bits per heavy atom. The lowest BCUT2D eigenvalue weighted by molar-refractivity contribution is 0.309. The van der Waals surface area contributed by atoms with Gasteiger partial charge in [0.05, 0.1) is 6.54 Å². The molecule has 3 N–H and O–H groups in total. The van der Waals surface area contributed by atoms with E-state index in [0.29, 0.717) is 17.6 Å². The quantitative estimate of drug-likeness (QED) is 0.848. The molecule has 0 radical (unpaired) electrons. The maximum absolute atomic E-state index is 12.5. The summed E-state index contributed by atoms with van der Waals surface area (Å²) in [7, 11) is -3.53. The number of sulfonamides is 1. The van der Waals surface area contributed by atoms with Crippen LogP contribution < -0.4 is 10.5 Å². The lowest BCUT2D eigenvalue weighted by atomic mass is 10.1. The largest absolute Gasteiger partial charge is 0.464 e. The number of nitrogens with one attached hydrogen (secondary N) is 1. The molecule has 2 unspecified atom stereocenters.